The molecule has 3 aromatic rings. The molecule has 0 heterocycles. The number of allylic oxidation sites excluding steroid dienone is 4. The van der Waals surface area contributed by atoms with Crippen LogP contribution >= 0.6 is 0 Å². The summed E-state index contributed by atoms with van der Waals surface area (Å²) in [5.74, 6) is 0.513. The Balaban J connectivity index is 1.68. The van der Waals surface area contributed by atoms with Gasteiger partial charge in [-0.05, 0) is 45.7 Å². The van der Waals surface area contributed by atoms with Crippen molar-refractivity contribution in [3.05, 3.63) is 124 Å². The van der Waals surface area contributed by atoms with Crippen molar-refractivity contribution >= 4 is 30.2 Å². The van der Waals surface area contributed by atoms with Crippen LogP contribution < -0.4 is 0 Å². The first-order valence-corrected chi connectivity index (χ1v) is 10.6. The average Bonchev–Trinajstić information content (AvgIpc) is 2.79. The molecule has 1 atom stereocenters. The van der Waals surface area contributed by atoms with Gasteiger partial charge in [-0.25, -0.2) is 0 Å². The summed E-state index contributed by atoms with van der Waals surface area (Å²) in [6.45, 7) is 2.22. The number of hydrogen-bond acceptors (Lipinski definition) is 1. The van der Waals surface area contributed by atoms with Crippen molar-refractivity contribution in [3.63, 3.8) is 0 Å². The molecule has 1 nitrogen and oxygen atoms in total. The minimum atomic E-state index is 0.169. The molecule has 0 aromatic heterocycles. The molecule has 2 heteroatoms. The third-order valence-corrected chi connectivity index (χ3v) is 6.31. The maximum absolute atomic E-state index is 13.7. The van der Waals surface area contributed by atoms with E-state index in [1.807, 2.05) is 30.3 Å². The number of Topliss-reactive ketones (excluding diaryl/α,β-unsaturated/α-hetero) is 1. The van der Waals surface area contributed by atoms with Gasteiger partial charge in [-0.1, -0.05) is 103 Å². The molecule has 0 spiro atoms. The second-order valence-electron chi connectivity index (χ2n) is 8.22. The molecule has 0 saturated heterocycles. The number of ketones is 1. The van der Waals surface area contributed by atoms with Crippen LogP contribution in [0.5, 0.6) is 0 Å². The number of carbonyl (C=O) groups is 1. The number of hydrogen-bond donors (Lipinski definition) is 0. The molecule has 0 aliphatic heterocycles. The first kappa shape index (κ1) is 18.6. The van der Waals surface area contributed by atoms with Crippen molar-refractivity contribution in [2.24, 2.45) is 0 Å². The molecule has 0 amide bonds. The average molecular weight is 386 g/mol. The van der Waals surface area contributed by atoms with Gasteiger partial charge in [0.2, 0.25) is 0 Å². The minimum Gasteiger partial charge on any atom is -0.289 e. The zero-order chi connectivity index (χ0) is 20.7. The van der Waals surface area contributed by atoms with E-state index in [0.717, 1.165) is 34.2 Å². The molecule has 144 valence electrons. The van der Waals surface area contributed by atoms with E-state index in [0.29, 0.717) is 5.92 Å². The second-order valence-corrected chi connectivity index (χ2v) is 8.22. The van der Waals surface area contributed by atoms with Crippen molar-refractivity contribution in [1.29, 1.82) is 0 Å². The van der Waals surface area contributed by atoms with Gasteiger partial charge in [0.25, 0.3) is 0 Å². The lowest BCUT2D eigenvalue weighted by Gasteiger charge is -2.32. The van der Waals surface area contributed by atoms with Gasteiger partial charge in [-0.15, -0.1) is 0 Å². The first-order valence-electron chi connectivity index (χ1n) is 10.6. The van der Waals surface area contributed by atoms with Crippen LogP contribution in [-0.4, -0.2) is 13.6 Å². The topological polar surface area (TPSA) is 17.1 Å². The van der Waals surface area contributed by atoms with E-state index in [4.69, 9.17) is 0 Å². The SMILES string of the molecule is B/C(=C/C=C1\C(=O)C2=C(c3ccccc31)c1ccccc1C(C)C2)c1ccccc1. The van der Waals surface area contributed by atoms with E-state index in [2.05, 4.69) is 75.4 Å². The summed E-state index contributed by atoms with van der Waals surface area (Å²) < 4.78 is 0. The van der Waals surface area contributed by atoms with Gasteiger partial charge >= 0.3 is 0 Å². The van der Waals surface area contributed by atoms with Crippen LogP contribution in [0.1, 0.15) is 47.1 Å². The Morgan fingerprint density at radius 3 is 2.27 bits per heavy atom. The largest absolute Gasteiger partial charge is 0.289 e. The lowest BCUT2D eigenvalue weighted by molar-refractivity contribution is -0.110. The lowest BCUT2D eigenvalue weighted by Crippen LogP contribution is -2.21. The highest BCUT2D eigenvalue weighted by molar-refractivity contribution is 6.43. The Bertz CT molecular complexity index is 1240. The quantitative estimate of drug-likeness (QED) is 0.412. The molecule has 0 bridgehead atoms. The number of carbonyl (C=O) groups excluding carboxylic acids is 1. The van der Waals surface area contributed by atoms with Crippen LogP contribution in [0.4, 0.5) is 0 Å². The summed E-state index contributed by atoms with van der Waals surface area (Å²) in [5, 5.41) is 0. The summed E-state index contributed by atoms with van der Waals surface area (Å²) in [5.41, 5.74) is 9.95. The molecule has 2 aliphatic rings. The fraction of sp³-hybridized carbons (Fsp3) is 0.107. The highest BCUT2D eigenvalue weighted by Gasteiger charge is 2.35. The number of fused-ring (bicyclic) bond motifs is 4. The number of benzene rings is 3. The third kappa shape index (κ3) is 3.00. The monoisotopic (exact) mass is 386 g/mol. The highest BCUT2D eigenvalue weighted by Crippen LogP contribution is 2.47. The van der Waals surface area contributed by atoms with Gasteiger partial charge in [0.1, 0.15) is 7.85 Å². The van der Waals surface area contributed by atoms with E-state index in [9.17, 15) is 4.79 Å². The standard InChI is InChI=1S/C28H23BO/c1-18-17-25-27(22-13-7-5-11-20(18)22)23-14-8-6-12-21(23)24(28(25)30)15-16-26(29)19-9-3-2-4-10-19/h2-16,18H,17,29H2,1H3/b24-15-,26-16+. The zero-order valence-corrected chi connectivity index (χ0v) is 17.4. The summed E-state index contributed by atoms with van der Waals surface area (Å²) in [6.07, 6.45) is 4.88. The van der Waals surface area contributed by atoms with Crippen molar-refractivity contribution in [3.8, 4) is 0 Å². The summed E-state index contributed by atoms with van der Waals surface area (Å²) >= 11 is 0. The molecular weight excluding hydrogens is 363 g/mol. The van der Waals surface area contributed by atoms with Crippen molar-refractivity contribution < 1.29 is 4.79 Å². The van der Waals surface area contributed by atoms with E-state index >= 15 is 0 Å². The fourth-order valence-electron chi connectivity index (χ4n) is 4.74. The van der Waals surface area contributed by atoms with Crippen LogP contribution in [-0.2, 0) is 4.79 Å². The highest BCUT2D eigenvalue weighted by atomic mass is 16.1. The zero-order valence-electron chi connectivity index (χ0n) is 17.4. The summed E-state index contributed by atoms with van der Waals surface area (Å²) in [4.78, 5) is 13.7. The van der Waals surface area contributed by atoms with Crippen LogP contribution in [0.3, 0.4) is 0 Å². The molecule has 5 rings (SSSR count). The molecular formula is C28H23BO. The van der Waals surface area contributed by atoms with Crippen LogP contribution in [0.15, 0.2) is 96.6 Å². The molecule has 3 aromatic carbocycles. The van der Waals surface area contributed by atoms with Gasteiger partial charge < -0.3 is 0 Å². The molecule has 2 aliphatic carbocycles. The molecule has 1 unspecified atom stereocenters. The Hall–Kier alpha value is -3.39. The van der Waals surface area contributed by atoms with Crippen molar-refractivity contribution in [2.45, 2.75) is 19.3 Å². The van der Waals surface area contributed by atoms with E-state index in [1.54, 1.807) is 0 Å². The molecule has 30 heavy (non-hydrogen) atoms. The van der Waals surface area contributed by atoms with Gasteiger partial charge in [0, 0.05) is 11.1 Å². The normalized spacial score (nSPS) is 19.4. The van der Waals surface area contributed by atoms with Crippen LogP contribution in [0.2, 0.25) is 0 Å². The molecule has 0 radical (unpaired) electrons. The summed E-state index contributed by atoms with van der Waals surface area (Å²) in [7, 11) is 2.09. The molecule has 0 saturated carbocycles. The smallest absolute Gasteiger partial charge is 0.190 e. The van der Waals surface area contributed by atoms with Gasteiger partial charge in [-0.3, -0.25) is 4.79 Å². The van der Waals surface area contributed by atoms with Gasteiger partial charge in [0.15, 0.2) is 5.78 Å². The Labute approximate surface area is 178 Å². The van der Waals surface area contributed by atoms with Crippen molar-refractivity contribution in [2.75, 3.05) is 0 Å². The van der Waals surface area contributed by atoms with E-state index in [1.165, 1.54) is 22.3 Å². The van der Waals surface area contributed by atoms with Gasteiger partial charge in [-0.2, -0.15) is 0 Å². The third-order valence-electron chi connectivity index (χ3n) is 6.31. The first-order chi connectivity index (χ1) is 14.6. The minimum absolute atomic E-state index is 0.169. The lowest BCUT2D eigenvalue weighted by atomic mass is 9.70. The second kappa shape index (κ2) is 7.46. The summed E-state index contributed by atoms with van der Waals surface area (Å²) in [6, 6.07) is 27.2. The fourth-order valence-corrected chi connectivity index (χ4v) is 4.74. The predicted molar refractivity (Wildman–Crippen MR) is 128 cm³/mol. The van der Waals surface area contributed by atoms with E-state index < -0.39 is 0 Å². The Morgan fingerprint density at radius 2 is 1.50 bits per heavy atom. The van der Waals surface area contributed by atoms with Crippen LogP contribution in [0, 0.1) is 0 Å². The Morgan fingerprint density at radius 1 is 0.867 bits per heavy atom. The maximum Gasteiger partial charge on any atom is 0.190 e. The van der Waals surface area contributed by atoms with E-state index in [-0.39, 0.29) is 5.78 Å². The molecule has 0 fully saturated rings. The van der Waals surface area contributed by atoms with Crippen LogP contribution in [0.25, 0.3) is 16.6 Å². The maximum atomic E-state index is 13.7. The van der Waals surface area contributed by atoms with Crippen molar-refractivity contribution in [1.82, 2.24) is 0 Å². The predicted octanol–water partition coefficient (Wildman–Crippen LogP) is 5.64. The number of rotatable bonds is 2. The van der Waals surface area contributed by atoms with Gasteiger partial charge in [0.05, 0.1) is 0 Å². The Kier molecular flexibility index (Phi) is 4.63. The molecule has 0 N–H and O–H groups in total.